The summed E-state index contributed by atoms with van der Waals surface area (Å²) >= 11 is 5.91. The lowest BCUT2D eigenvalue weighted by Crippen LogP contribution is -2.06. The van der Waals surface area contributed by atoms with Crippen LogP contribution in [0.1, 0.15) is 10.4 Å². The summed E-state index contributed by atoms with van der Waals surface area (Å²) in [6.45, 7) is 0. The molecule has 0 bridgehead atoms. The molecule has 8 nitrogen and oxygen atoms in total. The van der Waals surface area contributed by atoms with E-state index in [0.29, 0.717) is 16.1 Å². The lowest BCUT2D eigenvalue weighted by Gasteiger charge is -2.12. The van der Waals surface area contributed by atoms with Crippen LogP contribution in [-0.4, -0.2) is 40.2 Å². The van der Waals surface area contributed by atoms with E-state index in [4.69, 9.17) is 25.8 Å². The summed E-state index contributed by atoms with van der Waals surface area (Å²) < 4.78 is 15.5. The zero-order valence-corrected chi connectivity index (χ0v) is 15.1. The Morgan fingerprint density at radius 2 is 1.52 bits per heavy atom. The Morgan fingerprint density at radius 3 is 2.07 bits per heavy atom. The molecule has 1 N–H and O–H groups in total. The smallest absolute Gasteiger partial charge is 0.340 e. The predicted octanol–water partition coefficient (Wildman–Crippen LogP) is 3.70. The maximum absolute atomic E-state index is 11.9. The van der Waals surface area contributed by atoms with Crippen LogP contribution in [0.3, 0.4) is 0 Å². The van der Waals surface area contributed by atoms with Crippen LogP contribution in [0.5, 0.6) is 23.8 Å². The highest BCUT2D eigenvalue weighted by molar-refractivity contribution is 6.30. The number of methoxy groups -OCH3 is 2. The van der Waals surface area contributed by atoms with Crippen molar-refractivity contribution >= 4 is 17.6 Å². The lowest BCUT2D eigenvalue weighted by atomic mass is 9.99. The summed E-state index contributed by atoms with van der Waals surface area (Å²) in [5, 5.41) is 10.3. The van der Waals surface area contributed by atoms with Gasteiger partial charge in [0.1, 0.15) is 11.3 Å². The molecule has 0 aliphatic carbocycles. The minimum atomic E-state index is -1.16. The van der Waals surface area contributed by atoms with Crippen molar-refractivity contribution < 1.29 is 24.1 Å². The summed E-state index contributed by atoms with van der Waals surface area (Å²) in [4.78, 5) is 23.7. The SMILES string of the molecule is COc1nc(OC)nc(Oc2cccc(-c3ccc(Cl)cc3)c2C(=O)O)n1. The highest BCUT2D eigenvalue weighted by Crippen LogP contribution is 2.33. The van der Waals surface area contributed by atoms with Gasteiger partial charge in [-0.2, -0.15) is 0 Å². The van der Waals surface area contributed by atoms with Crippen molar-refractivity contribution in [2.75, 3.05) is 14.2 Å². The molecule has 0 aliphatic heterocycles. The third-order valence-electron chi connectivity index (χ3n) is 3.54. The van der Waals surface area contributed by atoms with Crippen LogP contribution in [0.25, 0.3) is 11.1 Å². The molecule has 0 aliphatic rings. The molecule has 0 saturated heterocycles. The fourth-order valence-electron chi connectivity index (χ4n) is 2.35. The topological polar surface area (TPSA) is 104 Å². The number of aromatic carboxylic acids is 1. The molecule has 2 aromatic carbocycles. The van der Waals surface area contributed by atoms with Gasteiger partial charge in [-0.25, -0.2) is 4.79 Å². The Bertz CT molecular complexity index is 957. The van der Waals surface area contributed by atoms with Gasteiger partial charge in [0.05, 0.1) is 14.2 Å². The van der Waals surface area contributed by atoms with E-state index in [2.05, 4.69) is 15.0 Å². The number of rotatable bonds is 6. The molecular formula is C18H14ClN3O5. The average Bonchev–Trinajstić information content (AvgIpc) is 2.67. The van der Waals surface area contributed by atoms with Gasteiger partial charge in [-0.15, -0.1) is 15.0 Å². The molecule has 3 rings (SSSR count). The van der Waals surface area contributed by atoms with Crippen LogP contribution in [0.15, 0.2) is 42.5 Å². The van der Waals surface area contributed by atoms with Gasteiger partial charge >= 0.3 is 24.0 Å². The summed E-state index contributed by atoms with van der Waals surface area (Å²) in [5.74, 6) is -1.10. The van der Waals surface area contributed by atoms with Gasteiger partial charge < -0.3 is 19.3 Å². The van der Waals surface area contributed by atoms with Crippen molar-refractivity contribution in [1.82, 2.24) is 15.0 Å². The fraction of sp³-hybridized carbons (Fsp3) is 0.111. The monoisotopic (exact) mass is 387 g/mol. The number of ether oxygens (including phenoxy) is 3. The third-order valence-corrected chi connectivity index (χ3v) is 3.79. The minimum Gasteiger partial charge on any atom is -0.478 e. The average molecular weight is 388 g/mol. The van der Waals surface area contributed by atoms with Crippen LogP contribution in [0, 0.1) is 0 Å². The number of aromatic nitrogens is 3. The first-order valence-corrected chi connectivity index (χ1v) is 8.03. The zero-order valence-electron chi connectivity index (χ0n) is 14.3. The number of benzene rings is 2. The van der Waals surface area contributed by atoms with Crippen molar-refractivity contribution in [3.63, 3.8) is 0 Å². The van der Waals surface area contributed by atoms with Gasteiger partial charge in [0.15, 0.2) is 0 Å². The highest BCUT2D eigenvalue weighted by Gasteiger charge is 2.20. The second-order valence-corrected chi connectivity index (χ2v) is 5.62. The molecule has 0 unspecified atom stereocenters. The second-order valence-electron chi connectivity index (χ2n) is 5.18. The van der Waals surface area contributed by atoms with Crippen LogP contribution in [-0.2, 0) is 0 Å². The Labute approximate surface area is 159 Å². The standard InChI is InChI=1S/C18H14ClN3O5/c1-25-16-20-17(26-2)22-18(21-16)27-13-5-3-4-12(14(13)15(23)24)10-6-8-11(19)9-7-10/h3-9H,1-2H3,(H,23,24). The molecule has 0 fully saturated rings. The first kappa shape index (κ1) is 18.4. The van der Waals surface area contributed by atoms with Crippen molar-refractivity contribution in [3.8, 4) is 34.9 Å². The molecule has 0 amide bonds. The first-order chi connectivity index (χ1) is 13.0. The van der Waals surface area contributed by atoms with Gasteiger partial charge in [-0.05, 0) is 29.3 Å². The second kappa shape index (κ2) is 7.88. The largest absolute Gasteiger partial charge is 0.478 e. The molecule has 27 heavy (non-hydrogen) atoms. The molecule has 0 atom stereocenters. The predicted molar refractivity (Wildman–Crippen MR) is 96.9 cm³/mol. The number of hydrogen-bond acceptors (Lipinski definition) is 7. The van der Waals surface area contributed by atoms with Crippen molar-refractivity contribution in [1.29, 1.82) is 0 Å². The summed E-state index contributed by atoms with van der Waals surface area (Å²) in [7, 11) is 2.75. The van der Waals surface area contributed by atoms with Gasteiger partial charge in [0, 0.05) is 5.02 Å². The number of carboxylic acids is 1. The summed E-state index contributed by atoms with van der Waals surface area (Å²) in [6.07, 6.45) is 0. The molecular weight excluding hydrogens is 374 g/mol. The minimum absolute atomic E-state index is 0.0254. The maximum Gasteiger partial charge on any atom is 0.340 e. The van der Waals surface area contributed by atoms with Crippen molar-refractivity contribution in [3.05, 3.63) is 53.1 Å². The van der Waals surface area contributed by atoms with Crippen LogP contribution in [0.2, 0.25) is 5.02 Å². The molecule has 1 aromatic heterocycles. The summed E-state index contributed by atoms with van der Waals surface area (Å²) in [5.41, 5.74) is 1.09. The number of hydrogen-bond donors (Lipinski definition) is 1. The molecule has 0 radical (unpaired) electrons. The van der Waals surface area contributed by atoms with E-state index >= 15 is 0 Å². The fourth-order valence-corrected chi connectivity index (χ4v) is 2.48. The molecule has 1 heterocycles. The van der Waals surface area contributed by atoms with Crippen LogP contribution >= 0.6 is 11.6 Å². The van der Waals surface area contributed by atoms with E-state index in [-0.39, 0.29) is 29.3 Å². The van der Waals surface area contributed by atoms with Gasteiger partial charge in [-0.1, -0.05) is 35.9 Å². The molecule has 3 aromatic rings. The van der Waals surface area contributed by atoms with E-state index in [9.17, 15) is 9.90 Å². The Balaban J connectivity index is 2.07. The Hall–Kier alpha value is -3.39. The molecule has 138 valence electrons. The van der Waals surface area contributed by atoms with Crippen molar-refractivity contribution in [2.45, 2.75) is 0 Å². The maximum atomic E-state index is 11.9. The lowest BCUT2D eigenvalue weighted by molar-refractivity contribution is 0.0695. The number of carboxylic acid groups (broad SMARTS) is 1. The van der Waals surface area contributed by atoms with Gasteiger partial charge in [0.25, 0.3) is 0 Å². The molecule has 0 saturated carbocycles. The summed E-state index contributed by atoms with van der Waals surface area (Å²) in [6, 6.07) is 11.4. The van der Waals surface area contributed by atoms with Crippen LogP contribution < -0.4 is 14.2 Å². The highest BCUT2D eigenvalue weighted by atomic mass is 35.5. The zero-order chi connectivity index (χ0) is 19.4. The van der Waals surface area contributed by atoms with E-state index in [1.807, 2.05) is 0 Å². The quantitative estimate of drug-likeness (QED) is 0.682. The molecule has 9 heteroatoms. The van der Waals surface area contributed by atoms with Crippen LogP contribution in [0.4, 0.5) is 0 Å². The number of halogens is 1. The molecule has 0 spiro atoms. The Kier molecular flexibility index (Phi) is 5.37. The normalized spacial score (nSPS) is 10.3. The van der Waals surface area contributed by atoms with Crippen molar-refractivity contribution in [2.24, 2.45) is 0 Å². The number of nitrogens with zero attached hydrogens (tertiary/aromatic N) is 3. The third kappa shape index (κ3) is 4.06. The first-order valence-electron chi connectivity index (χ1n) is 7.66. The van der Waals surface area contributed by atoms with E-state index in [1.165, 1.54) is 20.3 Å². The number of carbonyl (C=O) groups is 1. The van der Waals surface area contributed by atoms with Gasteiger partial charge in [-0.3, -0.25) is 0 Å². The Morgan fingerprint density at radius 1 is 0.926 bits per heavy atom. The van der Waals surface area contributed by atoms with E-state index in [0.717, 1.165) is 0 Å². The van der Waals surface area contributed by atoms with E-state index < -0.39 is 5.97 Å². The van der Waals surface area contributed by atoms with Gasteiger partial charge in [0.2, 0.25) is 0 Å². The van der Waals surface area contributed by atoms with E-state index in [1.54, 1.807) is 36.4 Å².